The van der Waals surface area contributed by atoms with Crippen molar-refractivity contribution >= 4 is 22.8 Å². The van der Waals surface area contributed by atoms with E-state index < -0.39 is 0 Å². The Morgan fingerprint density at radius 1 is 1.37 bits per heavy atom. The van der Waals surface area contributed by atoms with Crippen LogP contribution in [0.15, 0.2) is 18.6 Å². The van der Waals surface area contributed by atoms with Crippen molar-refractivity contribution in [1.29, 1.82) is 0 Å². The lowest BCUT2D eigenvalue weighted by Gasteiger charge is -2.02. The molecule has 0 saturated heterocycles. The van der Waals surface area contributed by atoms with Gasteiger partial charge in [0, 0.05) is 19.3 Å². The van der Waals surface area contributed by atoms with Crippen LogP contribution in [-0.2, 0) is 12.9 Å². The maximum Gasteiger partial charge on any atom is 0.245 e. The van der Waals surface area contributed by atoms with E-state index >= 15 is 0 Å². The molecule has 0 bridgehead atoms. The highest BCUT2D eigenvalue weighted by Gasteiger charge is 2.18. The summed E-state index contributed by atoms with van der Waals surface area (Å²) >= 11 is 5.95. The van der Waals surface area contributed by atoms with E-state index in [-0.39, 0.29) is 5.88 Å². The lowest BCUT2D eigenvalue weighted by atomic mass is 10.5. The Labute approximate surface area is 113 Å². The summed E-state index contributed by atoms with van der Waals surface area (Å²) in [6.07, 6.45) is 3.28. The highest BCUT2D eigenvalue weighted by atomic mass is 35.5. The minimum Gasteiger partial charge on any atom is -0.479 e. The number of fused-ring (bicyclic) bond motifs is 1. The molecular formula is C11H11ClN6O. The lowest BCUT2D eigenvalue weighted by molar-refractivity contribution is 0.401. The van der Waals surface area contributed by atoms with Gasteiger partial charge in [0.15, 0.2) is 17.0 Å². The van der Waals surface area contributed by atoms with Crippen molar-refractivity contribution in [3.8, 4) is 11.7 Å². The number of ether oxygens (including phenoxy) is 1. The minimum atomic E-state index is 0.246. The molecule has 19 heavy (non-hydrogen) atoms. The number of alkyl halides is 1. The molecule has 3 aromatic heterocycles. The van der Waals surface area contributed by atoms with Gasteiger partial charge in [-0.05, 0) is 0 Å². The van der Waals surface area contributed by atoms with E-state index in [0.29, 0.717) is 28.7 Å². The van der Waals surface area contributed by atoms with Gasteiger partial charge in [0.1, 0.15) is 12.2 Å². The third-order valence-corrected chi connectivity index (χ3v) is 2.96. The van der Waals surface area contributed by atoms with Crippen LogP contribution in [0.3, 0.4) is 0 Å². The maximum atomic E-state index is 5.95. The smallest absolute Gasteiger partial charge is 0.245 e. The average molecular weight is 279 g/mol. The molecule has 3 aromatic rings. The fourth-order valence-corrected chi connectivity index (χ4v) is 2.10. The molecular weight excluding hydrogens is 268 g/mol. The Balaban J connectivity index is 2.33. The standard InChI is InChI=1S/C11H11ClN6O/c1-17-4-3-7(16-17)18-8(5-12)15-9-10(18)13-6-14-11(9)19-2/h3-4,6H,5H2,1-2H3. The van der Waals surface area contributed by atoms with Crippen molar-refractivity contribution in [1.82, 2.24) is 29.3 Å². The molecule has 8 heteroatoms. The van der Waals surface area contributed by atoms with Gasteiger partial charge in [0.25, 0.3) is 0 Å². The van der Waals surface area contributed by atoms with Gasteiger partial charge in [-0.25, -0.2) is 9.97 Å². The van der Waals surface area contributed by atoms with Crippen LogP contribution in [0.25, 0.3) is 17.0 Å². The predicted molar refractivity (Wildman–Crippen MR) is 69.5 cm³/mol. The average Bonchev–Trinajstić information content (AvgIpc) is 3.00. The van der Waals surface area contributed by atoms with E-state index in [1.165, 1.54) is 6.33 Å². The fourth-order valence-electron chi connectivity index (χ4n) is 1.92. The number of aromatic nitrogens is 6. The SMILES string of the molecule is COc1ncnc2c1nc(CCl)n2-c1ccn(C)n1. The first-order valence-electron chi connectivity index (χ1n) is 5.57. The first kappa shape index (κ1) is 11.9. The number of rotatable bonds is 3. The zero-order chi connectivity index (χ0) is 13.4. The third-order valence-electron chi connectivity index (χ3n) is 2.72. The topological polar surface area (TPSA) is 70.7 Å². The summed E-state index contributed by atoms with van der Waals surface area (Å²) in [4.78, 5) is 12.7. The molecule has 7 nitrogen and oxygen atoms in total. The zero-order valence-electron chi connectivity index (χ0n) is 10.4. The molecule has 0 radical (unpaired) electrons. The van der Waals surface area contributed by atoms with Gasteiger partial charge in [-0.15, -0.1) is 11.6 Å². The van der Waals surface area contributed by atoms with Gasteiger partial charge in [0.2, 0.25) is 5.88 Å². The van der Waals surface area contributed by atoms with Crippen molar-refractivity contribution in [2.24, 2.45) is 7.05 Å². The molecule has 0 spiro atoms. The fraction of sp³-hybridized carbons (Fsp3) is 0.273. The monoisotopic (exact) mass is 278 g/mol. The second kappa shape index (κ2) is 4.51. The largest absolute Gasteiger partial charge is 0.479 e. The first-order chi connectivity index (χ1) is 9.24. The Bertz CT molecular complexity index is 734. The predicted octanol–water partition coefficient (Wildman–Crippen LogP) is 1.30. The molecule has 0 aliphatic rings. The van der Waals surface area contributed by atoms with E-state index in [1.807, 2.05) is 19.3 Å². The van der Waals surface area contributed by atoms with Crippen molar-refractivity contribution in [3.05, 3.63) is 24.4 Å². The van der Waals surface area contributed by atoms with E-state index in [2.05, 4.69) is 20.1 Å². The Hall–Kier alpha value is -2.15. The van der Waals surface area contributed by atoms with Gasteiger partial charge in [-0.1, -0.05) is 0 Å². The van der Waals surface area contributed by atoms with E-state index in [4.69, 9.17) is 16.3 Å². The summed E-state index contributed by atoms with van der Waals surface area (Å²) in [6.45, 7) is 0. The van der Waals surface area contributed by atoms with Crippen molar-refractivity contribution in [2.75, 3.05) is 7.11 Å². The lowest BCUT2D eigenvalue weighted by Crippen LogP contribution is -2.02. The van der Waals surface area contributed by atoms with Crippen LogP contribution in [0.4, 0.5) is 0 Å². The normalized spacial score (nSPS) is 11.1. The number of methoxy groups -OCH3 is 1. The van der Waals surface area contributed by atoms with E-state index in [1.54, 1.807) is 16.4 Å². The third kappa shape index (κ3) is 1.82. The van der Waals surface area contributed by atoms with Crippen LogP contribution in [0, 0.1) is 0 Å². The van der Waals surface area contributed by atoms with Crippen LogP contribution in [0.5, 0.6) is 5.88 Å². The van der Waals surface area contributed by atoms with Crippen molar-refractivity contribution < 1.29 is 4.74 Å². The molecule has 0 unspecified atom stereocenters. The Morgan fingerprint density at radius 3 is 2.84 bits per heavy atom. The number of nitrogens with zero attached hydrogens (tertiary/aromatic N) is 6. The number of hydrogen-bond donors (Lipinski definition) is 0. The van der Waals surface area contributed by atoms with Gasteiger partial charge in [0.05, 0.1) is 13.0 Å². The molecule has 3 heterocycles. The molecule has 0 amide bonds. The Morgan fingerprint density at radius 2 is 2.21 bits per heavy atom. The molecule has 0 fully saturated rings. The number of aryl methyl sites for hydroxylation is 1. The Kier molecular flexibility index (Phi) is 2.83. The number of halogens is 1. The highest BCUT2D eigenvalue weighted by molar-refractivity contribution is 6.17. The number of imidazole rings is 1. The molecule has 98 valence electrons. The summed E-state index contributed by atoms with van der Waals surface area (Å²) in [6, 6.07) is 1.87. The molecule has 0 N–H and O–H groups in total. The van der Waals surface area contributed by atoms with Crippen LogP contribution >= 0.6 is 11.6 Å². The molecule has 0 aliphatic carbocycles. The zero-order valence-corrected chi connectivity index (χ0v) is 11.2. The minimum absolute atomic E-state index is 0.246. The molecule has 3 rings (SSSR count). The highest BCUT2D eigenvalue weighted by Crippen LogP contribution is 2.24. The van der Waals surface area contributed by atoms with Crippen molar-refractivity contribution in [3.63, 3.8) is 0 Å². The van der Waals surface area contributed by atoms with E-state index in [0.717, 1.165) is 0 Å². The summed E-state index contributed by atoms with van der Waals surface area (Å²) in [5.41, 5.74) is 1.20. The second-order valence-electron chi connectivity index (χ2n) is 3.90. The molecule has 0 aliphatic heterocycles. The molecule has 0 atom stereocenters. The van der Waals surface area contributed by atoms with Gasteiger partial charge < -0.3 is 4.74 Å². The second-order valence-corrected chi connectivity index (χ2v) is 4.17. The molecule has 0 saturated carbocycles. The number of hydrogen-bond acceptors (Lipinski definition) is 5. The summed E-state index contributed by atoms with van der Waals surface area (Å²) in [5.74, 6) is 2.03. The van der Waals surface area contributed by atoms with Crippen LogP contribution in [0.2, 0.25) is 0 Å². The van der Waals surface area contributed by atoms with Gasteiger partial charge >= 0.3 is 0 Å². The van der Waals surface area contributed by atoms with Gasteiger partial charge in [-0.3, -0.25) is 9.25 Å². The van der Waals surface area contributed by atoms with E-state index in [9.17, 15) is 0 Å². The maximum absolute atomic E-state index is 5.95. The molecule has 0 aromatic carbocycles. The first-order valence-corrected chi connectivity index (χ1v) is 6.10. The summed E-state index contributed by atoms with van der Waals surface area (Å²) < 4.78 is 8.69. The summed E-state index contributed by atoms with van der Waals surface area (Å²) in [5, 5.41) is 4.35. The van der Waals surface area contributed by atoms with Crippen LogP contribution in [-0.4, -0.2) is 36.4 Å². The van der Waals surface area contributed by atoms with Gasteiger partial charge in [-0.2, -0.15) is 10.1 Å². The van der Waals surface area contributed by atoms with Crippen molar-refractivity contribution in [2.45, 2.75) is 5.88 Å². The van der Waals surface area contributed by atoms with Crippen LogP contribution in [0.1, 0.15) is 5.82 Å². The van der Waals surface area contributed by atoms with Crippen LogP contribution < -0.4 is 4.74 Å². The summed E-state index contributed by atoms with van der Waals surface area (Å²) in [7, 11) is 3.39. The quantitative estimate of drug-likeness (QED) is 0.675.